The van der Waals surface area contributed by atoms with E-state index in [0.717, 1.165) is 27.9 Å². The number of fused-ring (bicyclic) bond motifs is 1. The lowest BCUT2D eigenvalue weighted by atomic mass is 10.0. The summed E-state index contributed by atoms with van der Waals surface area (Å²) in [5.74, 6) is -1.60. The number of benzene rings is 2. The van der Waals surface area contributed by atoms with Crippen molar-refractivity contribution < 1.29 is 13.6 Å². The minimum atomic E-state index is -0.802. The van der Waals surface area contributed by atoms with Gasteiger partial charge in [0.05, 0.1) is 6.04 Å². The third-order valence-corrected chi connectivity index (χ3v) is 5.21. The van der Waals surface area contributed by atoms with Crippen LogP contribution >= 0.6 is 15.9 Å². The van der Waals surface area contributed by atoms with Crippen LogP contribution in [0.4, 0.5) is 19.3 Å². The Labute approximate surface area is 163 Å². The zero-order chi connectivity index (χ0) is 19.0. The fraction of sp³-hybridized carbons (Fsp3) is 0.150. The monoisotopic (exact) mass is 431 g/mol. The summed E-state index contributed by atoms with van der Waals surface area (Å²) in [6.07, 6.45) is 1.97. The molecule has 2 amide bonds. The lowest BCUT2D eigenvalue weighted by molar-refractivity contribution is 0.181. The standard InChI is InChI=1S/C20H16BrF2N3O/c21-14-8-6-13(7-9-14)19-17-5-2-10-25(17)11-12-26(19)20(27)24-18-15(22)3-1-4-16(18)23/h1-10,19H,11-12H2,(H,24,27)/t19-/m1/s1. The fourth-order valence-electron chi connectivity index (χ4n) is 3.39. The van der Waals surface area contributed by atoms with Crippen molar-refractivity contribution in [2.24, 2.45) is 0 Å². The van der Waals surface area contributed by atoms with Gasteiger partial charge in [-0.25, -0.2) is 13.6 Å². The van der Waals surface area contributed by atoms with E-state index in [1.807, 2.05) is 42.6 Å². The predicted molar refractivity (Wildman–Crippen MR) is 102 cm³/mol. The summed E-state index contributed by atoms with van der Waals surface area (Å²) < 4.78 is 30.9. The lowest BCUT2D eigenvalue weighted by Crippen LogP contribution is -2.44. The summed E-state index contributed by atoms with van der Waals surface area (Å²) in [6.45, 7) is 1.03. The second-order valence-electron chi connectivity index (χ2n) is 6.30. The summed E-state index contributed by atoms with van der Waals surface area (Å²) in [6, 6.07) is 14.2. The minimum absolute atomic E-state index is 0.350. The molecular formula is C20H16BrF2N3O. The molecule has 1 atom stereocenters. The number of nitrogens with zero attached hydrogens (tertiary/aromatic N) is 2. The fourth-order valence-corrected chi connectivity index (χ4v) is 3.66. The van der Waals surface area contributed by atoms with Crippen molar-refractivity contribution in [2.45, 2.75) is 12.6 Å². The number of para-hydroxylation sites is 1. The number of urea groups is 1. The average Bonchev–Trinajstić information content (AvgIpc) is 3.13. The summed E-state index contributed by atoms with van der Waals surface area (Å²) >= 11 is 3.42. The summed E-state index contributed by atoms with van der Waals surface area (Å²) in [5.41, 5.74) is 1.44. The molecule has 4 nitrogen and oxygen atoms in total. The van der Waals surface area contributed by atoms with Crippen LogP contribution in [-0.4, -0.2) is 22.0 Å². The van der Waals surface area contributed by atoms with Crippen molar-refractivity contribution in [2.75, 3.05) is 11.9 Å². The quantitative estimate of drug-likeness (QED) is 0.597. The molecule has 1 aromatic heterocycles. The van der Waals surface area contributed by atoms with Gasteiger partial charge in [0.25, 0.3) is 0 Å². The minimum Gasteiger partial charge on any atom is -0.348 e. The summed E-state index contributed by atoms with van der Waals surface area (Å²) in [7, 11) is 0. The van der Waals surface area contributed by atoms with Crippen LogP contribution in [0, 0.1) is 11.6 Å². The maximum Gasteiger partial charge on any atom is 0.322 e. The van der Waals surface area contributed by atoms with Gasteiger partial charge in [0.1, 0.15) is 17.3 Å². The van der Waals surface area contributed by atoms with Crippen LogP contribution in [0.1, 0.15) is 17.3 Å². The molecule has 0 saturated carbocycles. The molecule has 27 heavy (non-hydrogen) atoms. The largest absolute Gasteiger partial charge is 0.348 e. The van der Waals surface area contributed by atoms with Crippen LogP contribution in [-0.2, 0) is 6.54 Å². The lowest BCUT2D eigenvalue weighted by Gasteiger charge is -2.37. The van der Waals surface area contributed by atoms with E-state index >= 15 is 0 Å². The molecule has 0 spiro atoms. The summed E-state index contributed by atoms with van der Waals surface area (Å²) in [4.78, 5) is 14.5. The third kappa shape index (κ3) is 3.35. The van der Waals surface area contributed by atoms with E-state index in [1.165, 1.54) is 6.07 Å². The number of carbonyl (C=O) groups is 1. The Kier molecular flexibility index (Phi) is 4.70. The Bertz CT molecular complexity index is 967. The average molecular weight is 432 g/mol. The number of rotatable bonds is 2. The Balaban J connectivity index is 1.70. The Hall–Kier alpha value is -2.67. The van der Waals surface area contributed by atoms with E-state index in [1.54, 1.807) is 4.90 Å². The van der Waals surface area contributed by atoms with E-state index in [-0.39, 0.29) is 6.04 Å². The van der Waals surface area contributed by atoms with Crippen molar-refractivity contribution in [3.63, 3.8) is 0 Å². The highest BCUT2D eigenvalue weighted by molar-refractivity contribution is 9.10. The molecule has 7 heteroatoms. The predicted octanol–water partition coefficient (Wildman–Crippen LogP) is 5.17. The van der Waals surface area contributed by atoms with Crippen LogP contribution in [0.25, 0.3) is 0 Å². The number of nitrogens with one attached hydrogen (secondary N) is 1. The Morgan fingerprint density at radius 3 is 2.41 bits per heavy atom. The van der Waals surface area contributed by atoms with Gasteiger partial charge < -0.3 is 14.8 Å². The number of hydrogen-bond donors (Lipinski definition) is 1. The van der Waals surface area contributed by atoms with Crippen molar-refractivity contribution >= 4 is 27.6 Å². The molecule has 0 radical (unpaired) electrons. The molecule has 1 aliphatic rings. The normalized spacial score (nSPS) is 16.1. The van der Waals surface area contributed by atoms with Crippen LogP contribution in [0.3, 0.4) is 0 Å². The highest BCUT2D eigenvalue weighted by Crippen LogP contribution is 2.33. The molecule has 0 saturated heterocycles. The van der Waals surface area contributed by atoms with Crippen LogP contribution in [0.5, 0.6) is 0 Å². The first-order valence-corrected chi connectivity index (χ1v) is 9.26. The van der Waals surface area contributed by atoms with E-state index in [4.69, 9.17) is 0 Å². The van der Waals surface area contributed by atoms with Gasteiger partial charge in [0, 0.05) is 29.5 Å². The second kappa shape index (κ2) is 7.15. The van der Waals surface area contributed by atoms with E-state index in [9.17, 15) is 13.6 Å². The molecule has 2 aromatic carbocycles. The molecule has 3 aromatic rings. The zero-order valence-electron chi connectivity index (χ0n) is 14.2. The Morgan fingerprint density at radius 1 is 1.00 bits per heavy atom. The first-order chi connectivity index (χ1) is 13.0. The van der Waals surface area contributed by atoms with E-state index in [2.05, 4.69) is 25.8 Å². The van der Waals surface area contributed by atoms with Crippen molar-refractivity contribution in [3.05, 3.63) is 88.2 Å². The first kappa shape index (κ1) is 17.7. The van der Waals surface area contributed by atoms with Gasteiger partial charge in [-0.3, -0.25) is 0 Å². The maximum absolute atomic E-state index is 13.9. The highest BCUT2D eigenvalue weighted by Gasteiger charge is 2.32. The second-order valence-corrected chi connectivity index (χ2v) is 7.22. The van der Waals surface area contributed by atoms with Gasteiger partial charge in [0.15, 0.2) is 0 Å². The van der Waals surface area contributed by atoms with Crippen molar-refractivity contribution in [3.8, 4) is 0 Å². The van der Waals surface area contributed by atoms with Gasteiger partial charge >= 0.3 is 6.03 Å². The van der Waals surface area contributed by atoms with Gasteiger partial charge in [0.2, 0.25) is 0 Å². The molecular weight excluding hydrogens is 416 g/mol. The molecule has 0 unspecified atom stereocenters. The van der Waals surface area contributed by atoms with E-state index < -0.39 is 23.4 Å². The number of halogens is 3. The van der Waals surface area contributed by atoms with E-state index in [0.29, 0.717) is 13.1 Å². The van der Waals surface area contributed by atoms with Gasteiger partial charge in [-0.1, -0.05) is 34.1 Å². The smallest absolute Gasteiger partial charge is 0.322 e. The van der Waals surface area contributed by atoms with Crippen molar-refractivity contribution in [1.29, 1.82) is 0 Å². The number of aromatic nitrogens is 1. The number of carbonyl (C=O) groups excluding carboxylic acids is 1. The molecule has 138 valence electrons. The van der Waals surface area contributed by atoms with Crippen molar-refractivity contribution in [1.82, 2.24) is 9.47 Å². The summed E-state index contributed by atoms with van der Waals surface area (Å²) in [5, 5.41) is 2.40. The molecule has 4 rings (SSSR count). The molecule has 0 aliphatic carbocycles. The molecule has 1 N–H and O–H groups in total. The van der Waals surface area contributed by atoms with Crippen LogP contribution < -0.4 is 5.32 Å². The molecule has 0 bridgehead atoms. The topological polar surface area (TPSA) is 37.3 Å². The highest BCUT2D eigenvalue weighted by atomic mass is 79.9. The molecule has 0 fully saturated rings. The Morgan fingerprint density at radius 2 is 1.70 bits per heavy atom. The SMILES string of the molecule is O=C(Nc1c(F)cccc1F)N1CCn2cccc2[C@H]1c1ccc(Br)cc1. The zero-order valence-corrected chi connectivity index (χ0v) is 15.8. The van der Waals surface area contributed by atoms with Gasteiger partial charge in [-0.05, 0) is 42.0 Å². The number of amides is 2. The van der Waals surface area contributed by atoms with Crippen LogP contribution in [0.15, 0.2) is 65.3 Å². The first-order valence-electron chi connectivity index (χ1n) is 8.47. The van der Waals surface area contributed by atoms with Gasteiger partial charge in [-0.15, -0.1) is 0 Å². The van der Waals surface area contributed by atoms with Gasteiger partial charge in [-0.2, -0.15) is 0 Å². The number of hydrogen-bond acceptors (Lipinski definition) is 1. The molecule has 1 aliphatic heterocycles. The third-order valence-electron chi connectivity index (χ3n) is 4.68. The molecule has 2 heterocycles. The maximum atomic E-state index is 13.9. The van der Waals surface area contributed by atoms with Crippen LogP contribution in [0.2, 0.25) is 0 Å². The number of anilines is 1.